The highest BCUT2D eigenvalue weighted by atomic mass is 32.1. The van der Waals surface area contributed by atoms with Crippen LogP contribution < -0.4 is 10.2 Å². The zero-order valence-electron chi connectivity index (χ0n) is 12.4. The van der Waals surface area contributed by atoms with Crippen molar-refractivity contribution in [2.45, 2.75) is 45.1 Å². The van der Waals surface area contributed by atoms with E-state index in [9.17, 15) is 0 Å². The van der Waals surface area contributed by atoms with Gasteiger partial charge in [0.1, 0.15) is 10.6 Å². The van der Waals surface area contributed by atoms with Crippen molar-refractivity contribution in [3.63, 3.8) is 0 Å². The quantitative estimate of drug-likeness (QED) is 0.932. The number of thiophene rings is 1. The molecule has 4 nitrogen and oxygen atoms in total. The van der Waals surface area contributed by atoms with E-state index in [1.54, 1.807) is 11.3 Å². The predicted molar refractivity (Wildman–Crippen MR) is 87.0 cm³/mol. The molecule has 2 aromatic rings. The first kappa shape index (κ1) is 13.6. The summed E-state index contributed by atoms with van der Waals surface area (Å²) >= 11 is 1.78. The van der Waals surface area contributed by atoms with E-state index >= 15 is 0 Å². The number of aryl methyl sites for hydroxylation is 1. The van der Waals surface area contributed by atoms with Gasteiger partial charge in [-0.15, -0.1) is 11.3 Å². The summed E-state index contributed by atoms with van der Waals surface area (Å²) in [5.41, 5.74) is 0. The minimum absolute atomic E-state index is 0.628. The molecule has 0 saturated heterocycles. The Hall–Kier alpha value is -1.36. The molecule has 0 atom stereocenters. The normalized spacial score (nSPS) is 15.9. The van der Waals surface area contributed by atoms with E-state index in [-0.39, 0.29) is 0 Å². The third-order valence-corrected chi connectivity index (χ3v) is 5.38. The predicted octanol–water partition coefficient (Wildman–Crippen LogP) is 3.67. The van der Waals surface area contributed by atoms with E-state index in [4.69, 9.17) is 4.98 Å². The molecule has 1 saturated carbocycles. The summed E-state index contributed by atoms with van der Waals surface area (Å²) in [7, 11) is 4.06. The third-order valence-electron chi connectivity index (χ3n) is 4.20. The van der Waals surface area contributed by atoms with Gasteiger partial charge >= 0.3 is 0 Å². The van der Waals surface area contributed by atoms with Gasteiger partial charge < -0.3 is 10.2 Å². The van der Waals surface area contributed by atoms with Crippen LogP contribution in [0.2, 0.25) is 0 Å². The summed E-state index contributed by atoms with van der Waals surface area (Å²) in [4.78, 5) is 14.2. The third kappa shape index (κ3) is 2.35. The average Bonchev–Trinajstić information content (AvgIpc) is 3.13. The second kappa shape index (κ2) is 5.56. The molecule has 1 aliphatic carbocycles. The van der Waals surface area contributed by atoms with Gasteiger partial charge in [-0.2, -0.15) is 4.98 Å². The summed E-state index contributed by atoms with van der Waals surface area (Å²) in [6.07, 6.45) is 6.30. The molecule has 20 heavy (non-hydrogen) atoms. The Morgan fingerprint density at radius 3 is 2.75 bits per heavy atom. The SMILES string of the molecule is CCc1cc2c(N(C)C3CCCC3)nc(NC)nc2s1. The zero-order chi connectivity index (χ0) is 14.1. The minimum Gasteiger partial charge on any atom is -0.357 e. The summed E-state index contributed by atoms with van der Waals surface area (Å²) < 4.78 is 0. The van der Waals surface area contributed by atoms with Crippen molar-refractivity contribution in [1.29, 1.82) is 0 Å². The highest BCUT2D eigenvalue weighted by Gasteiger charge is 2.23. The van der Waals surface area contributed by atoms with Crippen LogP contribution in [0.15, 0.2) is 6.07 Å². The number of nitrogens with zero attached hydrogens (tertiary/aromatic N) is 3. The average molecular weight is 290 g/mol. The van der Waals surface area contributed by atoms with Gasteiger partial charge in [0, 0.05) is 25.0 Å². The molecule has 0 aliphatic heterocycles. The summed E-state index contributed by atoms with van der Waals surface area (Å²) in [6, 6.07) is 2.89. The Balaban J connectivity index is 2.08. The van der Waals surface area contributed by atoms with Gasteiger partial charge in [0.2, 0.25) is 5.95 Å². The topological polar surface area (TPSA) is 41.1 Å². The molecule has 1 aliphatic rings. The maximum absolute atomic E-state index is 4.72. The first-order valence-corrected chi connectivity index (χ1v) is 8.25. The fourth-order valence-electron chi connectivity index (χ4n) is 2.98. The molecule has 0 bridgehead atoms. The van der Waals surface area contributed by atoms with Crippen molar-refractivity contribution in [3.05, 3.63) is 10.9 Å². The number of nitrogens with one attached hydrogen (secondary N) is 1. The van der Waals surface area contributed by atoms with E-state index in [2.05, 4.69) is 35.2 Å². The maximum Gasteiger partial charge on any atom is 0.225 e. The highest BCUT2D eigenvalue weighted by molar-refractivity contribution is 7.18. The van der Waals surface area contributed by atoms with Crippen molar-refractivity contribution in [2.75, 3.05) is 24.3 Å². The second-order valence-corrected chi connectivity index (χ2v) is 6.57. The van der Waals surface area contributed by atoms with Gasteiger partial charge in [0.15, 0.2) is 0 Å². The monoisotopic (exact) mass is 290 g/mol. The molecule has 2 aromatic heterocycles. The number of anilines is 2. The lowest BCUT2D eigenvalue weighted by Crippen LogP contribution is -2.29. The Morgan fingerprint density at radius 1 is 1.35 bits per heavy atom. The molecule has 0 spiro atoms. The van der Waals surface area contributed by atoms with Gasteiger partial charge in [-0.25, -0.2) is 4.98 Å². The van der Waals surface area contributed by atoms with E-state index in [0.29, 0.717) is 6.04 Å². The van der Waals surface area contributed by atoms with Crippen molar-refractivity contribution in [3.8, 4) is 0 Å². The standard InChI is InChI=1S/C15H22N4S/c1-4-11-9-12-13(19(3)10-7-5-6-8-10)17-15(16-2)18-14(12)20-11/h9-10H,4-8H2,1-3H3,(H,16,17,18). The maximum atomic E-state index is 4.72. The lowest BCUT2D eigenvalue weighted by atomic mass is 10.2. The van der Waals surface area contributed by atoms with Crippen LogP contribution in [0.1, 0.15) is 37.5 Å². The smallest absolute Gasteiger partial charge is 0.225 e. The van der Waals surface area contributed by atoms with Gasteiger partial charge in [-0.3, -0.25) is 0 Å². The summed E-state index contributed by atoms with van der Waals surface area (Å²) in [6.45, 7) is 2.19. The first-order valence-electron chi connectivity index (χ1n) is 7.44. The van der Waals surface area contributed by atoms with Crippen LogP contribution in [0, 0.1) is 0 Å². The summed E-state index contributed by atoms with van der Waals surface area (Å²) in [5.74, 6) is 1.81. The van der Waals surface area contributed by atoms with Crippen molar-refractivity contribution >= 4 is 33.3 Å². The van der Waals surface area contributed by atoms with E-state index in [1.807, 2.05) is 7.05 Å². The Labute approximate surface area is 124 Å². The van der Waals surface area contributed by atoms with Crippen LogP contribution in [-0.4, -0.2) is 30.1 Å². The fourth-order valence-corrected chi connectivity index (χ4v) is 3.94. The minimum atomic E-state index is 0.628. The molecule has 0 radical (unpaired) electrons. The first-order chi connectivity index (χ1) is 9.72. The number of hydrogen-bond acceptors (Lipinski definition) is 5. The Kier molecular flexibility index (Phi) is 3.78. The fraction of sp³-hybridized carbons (Fsp3) is 0.600. The van der Waals surface area contributed by atoms with Crippen LogP contribution in [0.5, 0.6) is 0 Å². The van der Waals surface area contributed by atoms with Crippen molar-refractivity contribution in [2.24, 2.45) is 0 Å². The molecule has 1 fully saturated rings. The number of hydrogen-bond donors (Lipinski definition) is 1. The van der Waals surface area contributed by atoms with Crippen molar-refractivity contribution < 1.29 is 0 Å². The lowest BCUT2D eigenvalue weighted by molar-refractivity contribution is 0.648. The van der Waals surface area contributed by atoms with Gasteiger partial charge in [-0.1, -0.05) is 19.8 Å². The van der Waals surface area contributed by atoms with E-state index in [1.165, 1.54) is 35.9 Å². The largest absolute Gasteiger partial charge is 0.357 e. The highest BCUT2D eigenvalue weighted by Crippen LogP contribution is 2.35. The molecule has 5 heteroatoms. The van der Waals surface area contributed by atoms with E-state index in [0.717, 1.165) is 23.0 Å². The molecule has 2 heterocycles. The van der Waals surface area contributed by atoms with Gasteiger partial charge in [0.05, 0.1) is 5.39 Å². The molecule has 0 unspecified atom stereocenters. The van der Waals surface area contributed by atoms with E-state index < -0.39 is 0 Å². The Morgan fingerprint density at radius 2 is 2.10 bits per heavy atom. The second-order valence-electron chi connectivity index (χ2n) is 5.46. The number of fused-ring (bicyclic) bond motifs is 1. The molecular weight excluding hydrogens is 268 g/mol. The van der Waals surface area contributed by atoms with Gasteiger partial charge in [0.25, 0.3) is 0 Å². The van der Waals surface area contributed by atoms with Crippen LogP contribution in [0.25, 0.3) is 10.2 Å². The molecule has 0 amide bonds. The molecule has 3 rings (SSSR count). The number of aromatic nitrogens is 2. The molecule has 1 N–H and O–H groups in total. The Bertz CT molecular complexity index is 601. The van der Waals surface area contributed by atoms with Crippen LogP contribution in [-0.2, 0) is 6.42 Å². The lowest BCUT2D eigenvalue weighted by Gasteiger charge is -2.26. The summed E-state index contributed by atoms with van der Waals surface area (Å²) in [5, 5.41) is 4.30. The number of rotatable bonds is 4. The van der Waals surface area contributed by atoms with Crippen molar-refractivity contribution in [1.82, 2.24) is 9.97 Å². The van der Waals surface area contributed by atoms with Crippen LogP contribution in [0.3, 0.4) is 0 Å². The molecule has 108 valence electrons. The van der Waals surface area contributed by atoms with Crippen LogP contribution >= 0.6 is 11.3 Å². The zero-order valence-corrected chi connectivity index (χ0v) is 13.3. The molecular formula is C15H22N4S. The van der Waals surface area contributed by atoms with Gasteiger partial charge in [-0.05, 0) is 25.3 Å². The molecule has 0 aromatic carbocycles. The van der Waals surface area contributed by atoms with Crippen LogP contribution in [0.4, 0.5) is 11.8 Å².